The smallest absolute Gasteiger partial charge is 0.140 e. The fourth-order valence-electron chi connectivity index (χ4n) is 1.71. The third-order valence-electron chi connectivity index (χ3n) is 2.49. The van der Waals surface area contributed by atoms with Gasteiger partial charge in [-0.3, -0.25) is 0 Å². The monoisotopic (exact) mass is 244 g/mol. The third kappa shape index (κ3) is 1.83. The molecule has 0 saturated carbocycles. The van der Waals surface area contributed by atoms with Gasteiger partial charge >= 0.3 is 0 Å². The van der Waals surface area contributed by atoms with Gasteiger partial charge in [-0.05, 0) is 36.4 Å². The lowest BCUT2D eigenvalue weighted by molar-refractivity contribution is 0.815. The summed E-state index contributed by atoms with van der Waals surface area (Å²) in [6.45, 7) is 0. The fraction of sp³-hybridized carbons (Fsp3) is 0. The Labute approximate surface area is 103 Å². The van der Waals surface area contributed by atoms with Crippen LogP contribution in [0.4, 0.5) is 0 Å². The quantitative estimate of drug-likeness (QED) is 0.695. The zero-order valence-electron chi connectivity index (χ0n) is 8.86. The predicted octanol–water partition coefficient (Wildman–Crippen LogP) is 2.71. The highest BCUT2D eigenvalue weighted by molar-refractivity contribution is 6.30. The van der Waals surface area contributed by atoms with Gasteiger partial charge in [0.05, 0.1) is 0 Å². The van der Waals surface area contributed by atoms with E-state index in [1.807, 2.05) is 47.2 Å². The first-order valence-corrected chi connectivity index (χ1v) is 5.51. The number of nitrogens with zero attached hydrogens (tertiary/aromatic N) is 4. The number of hydrogen-bond donors (Lipinski definition) is 0. The molecule has 0 aliphatic heterocycles. The van der Waals surface area contributed by atoms with Crippen LogP contribution in [0.2, 0.25) is 5.02 Å². The summed E-state index contributed by atoms with van der Waals surface area (Å²) < 4.78 is 3.74. The van der Waals surface area contributed by atoms with E-state index >= 15 is 0 Å². The first kappa shape index (κ1) is 10.1. The average Bonchev–Trinajstić information content (AvgIpc) is 3.00. The van der Waals surface area contributed by atoms with Crippen molar-refractivity contribution in [1.29, 1.82) is 0 Å². The highest BCUT2D eigenvalue weighted by Gasteiger charge is 2.05. The predicted molar refractivity (Wildman–Crippen MR) is 65.7 cm³/mol. The lowest BCUT2D eigenvalue weighted by Crippen LogP contribution is -2.03. The highest BCUT2D eigenvalue weighted by Crippen LogP contribution is 2.17. The van der Waals surface area contributed by atoms with Crippen LogP contribution < -0.4 is 0 Å². The van der Waals surface area contributed by atoms with Gasteiger partial charge in [0.1, 0.15) is 18.5 Å². The van der Waals surface area contributed by atoms with Crippen LogP contribution >= 0.6 is 11.6 Å². The van der Waals surface area contributed by atoms with Crippen LogP contribution in [0.3, 0.4) is 0 Å². The Balaban J connectivity index is 2.10. The molecule has 5 heteroatoms. The molecule has 4 nitrogen and oxygen atoms in total. The molecule has 0 bridgehead atoms. The molecule has 3 rings (SSSR count). The van der Waals surface area contributed by atoms with Gasteiger partial charge in [0.2, 0.25) is 0 Å². The second kappa shape index (κ2) is 4.07. The maximum Gasteiger partial charge on any atom is 0.140 e. The Bertz CT molecular complexity index is 610. The Morgan fingerprint density at radius 2 is 1.88 bits per heavy atom. The summed E-state index contributed by atoms with van der Waals surface area (Å²) in [5, 5.41) is 4.85. The molecule has 0 N–H and O–H groups in total. The first-order chi connectivity index (χ1) is 8.34. The van der Waals surface area contributed by atoms with E-state index in [1.165, 1.54) is 6.33 Å². The molecule has 0 unspecified atom stereocenters. The van der Waals surface area contributed by atoms with Gasteiger partial charge in [-0.2, -0.15) is 5.10 Å². The SMILES string of the molecule is Clc1ccc(-n2cccc2-n2cncn2)cc1. The van der Waals surface area contributed by atoms with Gasteiger partial charge in [-0.1, -0.05) is 11.6 Å². The summed E-state index contributed by atoms with van der Waals surface area (Å²) >= 11 is 5.88. The van der Waals surface area contributed by atoms with Crippen molar-refractivity contribution in [3.05, 3.63) is 60.3 Å². The number of rotatable bonds is 2. The molecule has 0 aliphatic carbocycles. The molecule has 0 atom stereocenters. The van der Waals surface area contributed by atoms with Gasteiger partial charge < -0.3 is 4.57 Å². The van der Waals surface area contributed by atoms with E-state index in [-0.39, 0.29) is 0 Å². The van der Waals surface area contributed by atoms with Crippen molar-refractivity contribution >= 4 is 11.6 Å². The zero-order chi connectivity index (χ0) is 11.7. The van der Waals surface area contributed by atoms with E-state index in [0.717, 1.165) is 16.5 Å². The van der Waals surface area contributed by atoms with Gasteiger partial charge in [-0.25, -0.2) is 9.67 Å². The maximum absolute atomic E-state index is 5.88. The molecule has 0 fully saturated rings. The Morgan fingerprint density at radius 3 is 2.59 bits per heavy atom. The molecule has 0 spiro atoms. The van der Waals surface area contributed by atoms with Gasteiger partial charge in [0.25, 0.3) is 0 Å². The summed E-state index contributed by atoms with van der Waals surface area (Å²) in [7, 11) is 0. The highest BCUT2D eigenvalue weighted by atomic mass is 35.5. The van der Waals surface area contributed by atoms with Crippen molar-refractivity contribution in [3.8, 4) is 11.5 Å². The van der Waals surface area contributed by atoms with Crippen LogP contribution in [0.5, 0.6) is 0 Å². The van der Waals surface area contributed by atoms with Gasteiger partial charge in [-0.15, -0.1) is 0 Å². The largest absolute Gasteiger partial charge is 0.302 e. The van der Waals surface area contributed by atoms with Crippen LogP contribution in [0, 0.1) is 0 Å². The molecule has 0 amide bonds. The van der Waals surface area contributed by atoms with Crippen molar-refractivity contribution in [2.24, 2.45) is 0 Å². The average molecular weight is 245 g/mol. The van der Waals surface area contributed by atoms with Crippen LogP contribution in [-0.2, 0) is 0 Å². The summed E-state index contributed by atoms with van der Waals surface area (Å²) in [5.41, 5.74) is 1.03. The molecular weight excluding hydrogens is 236 g/mol. The molecule has 3 aromatic rings. The topological polar surface area (TPSA) is 35.6 Å². The Kier molecular flexibility index (Phi) is 2.42. The van der Waals surface area contributed by atoms with Crippen LogP contribution in [-0.4, -0.2) is 19.3 Å². The second-order valence-corrected chi connectivity index (χ2v) is 3.99. The molecule has 0 aliphatic rings. The van der Waals surface area contributed by atoms with E-state index in [9.17, 15) is 0 Å². The van der Waals surface area contributed by atoms with Crippen molar-refractivity contribution in [1.82, 2.24) is 19.3 Å². The number of halogens is 1. The van der Waals surface area contributed by atoms with E-state index in [0.29, 0.717) is 0 Å². The van der Waals surface area contributed by atoms with Crippen LogP contribution in [0.25, 0.3) is 11.5 Å². The van der Waals surface area contributed by atoms with E-state index in [1.54, 1.807) is 11.0 Å². The maximum atomic E-state index is 5.88. The normalized spacial score (nSPS) is 10.6. The molecule has 17 heavy (non-hydrogen) atoms. The second-order valence-electron chi connectivity index (χ2n) is 3.55. The van der Waals surface area contributed by atoms with E-state index in [4.69, 9.17) is 11.6 Å². The third-order valence-corrected chi connectivity index (χ3v) is 2.74. The lowest BCUT2D eigenvalue weighted by Gasteiger charge is -2.08. The Hall–Kier alpha value is -2.07. The van der Waals surface area contributed by atoms with Crippen LogP contribution in [0.1, 0.15) is 0 Å². The molecule has 0 saturated heterocycles. The zero-order valence-corrected chi connectivity index (χ0v) is 9.62. The van der Waals surface area contributed by atoms with E-state index < -0.39 is 0 Å². The van der Waals surface area contributed by atoms with Crippen molar-refractivity contribution < 1.29 is 0 Å². The minimum Gasteiger partial charge on any atom is -0.302 e. The molecule has 84 valence electrons. The summed E-state index contributed by atoms with van der Waals surface area (Å²) in [4.78, 5) is 3.94. The molecule has 2 aromatic heterocycles. The number of aromatic nitrogens is 4. The molecule has 1 aromatic carbocycles. The Morgan fingerprint density at radius 1 is 1.06 bits per heavy atom. The molecule has 0 radical (unpaired) electrons. The summed E-state index contributed by atoms with van der Waals surface area (Å²) in [5.74, 6) is 0.935. The molecular formula is C12H9ClN4. The van der Waals surface area contributed by atoms with E-state index in [2.05, 4.69) is 10.1 Å². The fourth-order valence-corrected chi connectivity index (χ4v) is 1.83. The lowest BCUT2D eigenvalue weighted by atomic mass is 10.3. The van der Waals surface area contributed by atoms with Gasteiger partial charge in [0, 0.05) is 16.9 Å². The minimum atomic E-state index is 0.725. The summed E-state index contributed by atoms with van der Waals surface area (Å²) in [6, 6.07) is 11.6. The van der Waals surface area contributed by atoms with Crippen molar-refractivity contribution in [3.63, 3.8) is 0 Å². The van der Waals surface area contributed by atoms with Crippen molar-refractivity contribution in [2.45, 2.75) is 0 Å². The molecule has 2 heterocycles. The standard InChI is InChI=1S/C12H9ClN4/c13-10-3-5-11(6-4-10)16-7-1-2-12(16)17-9-14-8-15-17/h1-9H. The summed E-state index contributed by atoms with van der Waals surface area (Å²) in [6.07, 6.45) is 5.15. The van der Waals surface area contributed by atoms with Crippen LogP contribution in [0.15, 0.2) is 55.2 Å². The number of benzene rings is 1. The first-order valence-electron chi connectivity index (χ1n) is 5.13. The van der Waals surface area contributed by atoms with Gasteiger partial charge in [0.15, 0.2) is 0 Å². The van der Waals surface area contributed by atoms with Crippen molar-refractivity contribution in [2.75, 3.05) is 0 Å². The minimum absolute atomic E-state index is 0.725. The number of hydrogen-bond acceptors (Lipinski definition) is 2.